The van der Waals surface area contributed by atoms with Gasteiger partial charge in [-0.05, 0) is 78.8 Å². The summed E-state index contributed by atoms with van der Waals surface area (Å²) in [4.78, 5) is 15.4. The molecule has 0 spiro atoms. The fraction of sp³-hybridized carbons (Fsp3) is 0.0652. The Bertz CT molecular complexity index is 2920. The SMILES string of the molecule is CC1(C)c2cc3c4ccccc4n(-c4nc(-c5ccccc5)nc(-c5ccccc5)n4)c3cc2-c2c1cc1ccc3cccc4ccc2c1c34. The summed E-state index contributed by atoms with van der Waals surface area (Å²) in [5.74, 6) is 1.91. The molecule has 0 N–H and O–H groups in total. The van der Waals surface area contributed by atoms with Gasteiger partial charge in [0.1, 0.15) is 0 Å². The van der Waals surface area contributed by atoms with Crippen LogP contribution in [0.1, 0.15) is 25.0 Å². The van der Waals surface area contributed by atoms with Gasteiger partial charge < -0.3 is 0 Å². The van der Waals surface area contributed by atoms with E-state index in [1.54, 1.807) is 0 Å². The summed E-state index contributed by atoms with van der Waals surface area (Å²) in [6.45, 7) is 4.76. The summed E-state index contributed by atoms with van der Waals surface area (Å²) < 4.78 is 2.24. The van der Waals surface area contributed by atoms with E-state index in [0.717, 1.165) is 22.2 Å². The molecule has 0 radical (unpaired) electrons. The van der Waals surface area contributed by atoms with Crippen molar-refractivity contribution in [3.8, 4) is 39.9 Å². The Balaban J connectivity index is 1.25. The Morgan fingerprint density at radius 1 is 0.460 bits per heavy atom. The third-order valence-corrected chi connectivity index (χ3v) is 11.0. The monoisotopic (exact) mass is 638 g/mol. The number of nitrogens with zero attached hydrogens (tertiary/aromatic N) is 4. The molecule has 4 heteroatoms. The smallest absolute Gasteiger partial charge is 0.238 e. The normalized spacial score (nSPS) is 13.6. The van der Waals surface area contributed by atoms with E-state index in [1.807, 2.05) is 36.4 Å². The van der Waals surface area contributed by atoms with Crippen molar-refractivity contribution >= 4 is 54.1 Å². The highest BCUT2D eigenvalue weighted by Gasteiger charge is 2.38. The van der Waals surface area contributed by atoms with E-state index in [-0.39, 0.29) is 5.41 Å². The zero-order valence-corrected chi connectivity index (χ0v) is 27.6. The van der Waals surface area contributed by atoms with Crippen LogP contribution in [0.25, 0.3) is 94.0 Å². The van der Waals surface area contributed by atoms with E-state index in [9.17, 15) is 0 Å². The van der Waals surface area contributed by atoms with E-state index in [0.29, 0.717) is 17.6 Å². The van der Waals surface area contributed by atoms with Gasteiger partial charge in [-0.2, -0.15) is 9.97 Å². The molecule has 0 fully saturated rings. The molecule has 8 aromatic carbocycles. The van der Waals surface area contributed by atoms with E-state index >= 15 is 0 Å². The highest BCUT2D eigenvalue weighted by Crippen LogP contribution is 2.55. The van der Waals surface area contributed by atoms with Crippen LogP contribution >= 0.6 is 0 Å². The Morgan fingerprint density at radius 2 is 1.10 bits per heavy atom. The van der Waals surface area contributed by atoms with Crippen molar-refractivity contribution < 1.29 is 0 Å². The number of hydrogen-bond acceptors (Lipinski definition) is 3. The van der Waals surface area contributed by atoms with Gasteiger partial charge in [0.25, 0.3) is 0 Å². The van der Waals surface area contributed by atoms with Gasteiger partial charge in [-0.25, -0.2) is 4.98 Å². The van der Waals surface area contributed by atoms with Crippen LogP contribution < -0.4 is 0 Å². The first-order chi connectivity index (χ1) is 24.5. The molecule has 50 heavy (non-hydrogen) atoms. The van der Waals surface area contributed by atoms with Crippen LogP contribution in [0.5, 0.6) is 0 Å². The number of rotatable bonds is 3. The first-order valence-corrected chi connectivity index (χ1v) is 17.2. The Morgan fingerprint density at radius 3 is 1.82 bits per heavy atom. The molecule has 1 aliphatic rings. The molecule has 0 bridgehead atoms. The van der Waals surface area contributed by atoms with Crippen molar-refractivity contribution in [3.63, 3.8) is 0 Å². The molecule has 234 valence electrons. The Kier molecular flexibility index (Phi) is 5.42. The fourth-order valence-corrected chi connectivity index (χ4v) is 8.59. The molecule has 0 saturated carbocycles. The first kappa shape index (κ1) is 27.5. The summed E-state index contributed by atoms with van der Waals surface area (Å²) >= 11 is 0. The van der Waals surface area contributed by atoms with Gasteiger partial charge in [-0.1, -0.05) is 135 Å². The van der Waals surface area contributed by atoms with E-state index in [4.69, 9.17) is 15.0 Å². The summed E-state index contributed by atoms with van der Waals surface area (Å²) in [5, 5.41) is 10.3. The quantitative estimate of drug-likeness (QED) is 0.181. The van der Waals surface area contributed by atoms with Gasteiger partial charge >= 0.3 is 0 Å². The molecule has 1 aliphatic carbocycles. The topological polar surface area (TPSA) is 43.6 Å². The van der Waals surface area contributed by atoms with E-state index < -0.39 is 0 Å². The molecule has 4 nitrogen and oxygen atoms in total. The zero-order valence-electron chi connectivity index (χ0n) is 27.6. The number of aromatic nitrogens is 4. The molecular formula is C46H30N4. The van der Waals surface area contributed by atoms with Gasteiger partial charge in [0.2, 0.25) is 5.95 Å². The predicted octanol–water partition coefficient (Wildman–Crippen LogP) is 11.5. The van der Waals surface area contributed by atoms with Crippen LogP contribution in [-0.2, 0) is 5.41 Å². The summed E-state index contributed by atoms with van der Waals surface area (Å²) in [6, 6.07) is 52.2. The highest BCUT2D eigenvalue weighted by atomic mass is 15.2. The maximum Gasteiger partial charge on any atom is 0.238 e. The minimum Gasteiger partial charge on any atom is -0.278 e. The van der Waals surface area contributed by atoms with Crippen LogP contribution in [0.2, 0.25) is 0 Å². The second kappa shape index (κ2) is 9.83. The third kappa shape index (κ3) is 3.68. The van der Waals surface area contributed by atoms with Crippen LogP contribution in [0.15, 0.2) is 146 Å². The second-order valence-electron chi connectivity index (χ2n) is 14.1. The summed E-state index contributed by atoms with van der Waals surface area (Å²) in [5.41, 5.74) is 9.22. The molecule has 0 aliphatic heterocycles. The minimum absolute atomic E-state index is 0.180. The van der Waals surface area contributed by atoms with Crippen molar-refractivity contribution in [3.05, 3.63) is 157 Å². The Hall–Kier alpha value is -6.39. The Labute approximate surface area is 288 Å². The van der Waals surface area contributed by atoms with Crippen molar-refractivity contribution in [1.29, 1.82) is 0 Å². The number of benzene rings is 8. The number of hydrogen-bond donors (Lipinski definition) is 0. The molecule has 0 atom stereocenters. The molecule has 0 amide bonds. The molecule has 2 aromatic heterocycles. The maximum absolute atomic E-state index is 5.18. The predicted molar refractivity (Wildman–Crippen MR) is 206 cm³/mol. The molecule has 10 aromatic rings. The summed E-state index contributed by atoms with van der Waals surface area (Å²) in [6.07, 6.45) is 0. The number of para-hydroxylation sites is 1. The summed E-state index contributed by atoms with van der Waals surface area (Å²) in [7, 11) is 0. The molecule has 0 saturated heterocycles. The number of fused-ring (bicyclic) bond motifs is 7. The van der Waals surface area contributed by atoms with Crippen molar-refractivity contribution in [1.82, 2.24) is 19.5 Å². The molecular weight excluding hydrogens is 609 g/mol. The zero-order chi connectivity index (χ0) is 33.1. The van der Waals surface area contributed by atoms with E-state index in [2.05, 4.69) is 128 Å². The lowest BCUT2D eigenvalue weighted by atomic mass is 9.80. The van der Waals surface area contributed by atoms with Crippen LogP contribution in [0, 0.1) is 0 Å². The van der Waals surface area contributed by atoms with Gasteiger partial charge in [0.05, 0.1) is 11.0 Å². The van der Waals surface area contributed by atoms with Gasteiger partial charge in [0, 0.05) is 27.3 Å². The average Bonchev–Trinajstić information content (AvgIpc) is 3.61. The van der Waals surface area contributed by atoms with Crippen molar-refractivity contribution in [2.75, 3.05) is 0 Å². The lowest BCUT2D eigenvalue weighted by Gasteiger charge is -2.23. The highest BCUT2D eigenvalue weighted by molar-refractivity contribution is 6.27. The average molecular weight is 639 g/mol. The standard InChI is InChI=1S/C46H30N4/c1-46(2)36-25-34-32-18-9-10-19-38(32)50(45-48-43(29-12-5-3-6-13-29)47-44(49-45)30-14-7-4-8-15-30)39(34)26-35(36)42-33-23-22-28-17-11-16-27-20-21-31(24-37(42)46)41(33)40(27)28/h3-26H,1-2H3. The lowest BCUT2D eigenvalue weighted by Crippen LogP contribution is -2.15. The lowest BCUT2D eigenvalue weighted by molar-refractivity contribution is 0.662. The van der Waals surface area contributed by atoms with Gasteiger partial charge in [0.15, 0.2) is 11.6 Å². The first-order valence-electron chi connectivity index (χ1n) is 17.2. The van der Waals surface area contributed by atoms with Crippen molar-refractivity contribution in [2.24, 2.45) is 0 Å². The van der Waals surface area contributed by atoms with Gasteiger partial charge in [-0.15, -0.1) is 0 Å². The van der Waals surface area contributed by atoms with Crippen LogP contribution in [0.3, 0.4) is 0 Å². The second-order valence-corrected chi connectivity index (χ2v) is 14.1. The minimum atomic E-state index is -0.180. The molecule has 0 unspecified atom stereocenters. The molecule has 11 rings (SSSR count). The van der Waals surface area contributed by atoms with E-state index in [1.165, 1.54) is 65.3 Å². The van der Waals surface area contributed by atoms with Crippen LogP contribution in [-0.4, -0.2) is 19.5 Å². The largest absolute Gasteiger partial charge is 0.278 e. The maximum atomic E-state index is 5.18. The fourth-order valence-electron chi connectivity index (χ4n) is 8.59. The molecule has 2 heterocycles. The van der Waals surface area contributed by atoms with Crippen LogP contribution in [0.4, 0.5) is 0 Å². The van der Waals surface area contributed by atoms with Crippen molar-refractivity contribution in [2.45, 2.75) is 19.3 Å². The third-order valence-electron chi connectivity index (χ3n) is 11.0. The van der Waals surface area contributed by atoms with Gasteiger partial charge in [-0.3, -0.25) is 4.57 Å².